The van der Waals surface area contributed by atoms with Crippen molar-refractivity contribution < 1.29 is 4.79 Å². The van der Waals surface area contributed by atoms with Crippen LogP contribution in [0.25, 0.3) is 0 Å². The van der Waals surface area contributed by atoms with E-state index in [1.807, 2.05) is 44.2 Å². The smallest absolute Gasteiger partial charge is 0.227 e. The van der Waals surface area contributed by atoms with Crippen LogP contribution in [0.2, 0.25) is 0 Å². The van der Waals surface area contributed by atoms with E-state index in [0.717, 1.165) is 12.0 Å². The van der Waals surface area contributed by atoms with Crippen molar-refractivity contribution in [2.24, 2.45) is 0 Å². The largest absolute Gasteiger partial charge is 0.353 e. The van der Waals surface area contributed by atoms with E-state index >= 15 is 0 Å². The molecule has 0 saturated carbocycles. The standard InChI is InChI=1S/C13H19NO/c1-4-10(2)14-13(15)11(3)12-8-6-5-7-9-12/h5-11H,4H2,1-3H3,(H,14,15)/t10-,11+/m1/s1. The third-order valence-corrected chi connectivity index (χ3v) is 2.69. The Morgan fingerprint density at radius 2 is 1.87 bits per heavy atom. The van der Waals surface area contributed by atoms with Crippen LogP contribution in [0, 0.1) is 0 Å². The molecule has 0 heterocycles. The van der Waals surface area contributed by atoms with Crippen molar-refractivity contribution in [3.05, 3.63) is 35.9 Å². The van der Waals surface area contributed by atoms with Gasteiger partial charge in [-0.3, -0.25) is 4.79 Å². The number of amides is 1. The van der Waals surface area contributed by atoms with E-state index < -0.39 is 0 Å². The number of nitrogens with one attached hydrogen (secondary N) is 1. The monoisotopic (exact) mass is 205 g/mol. The van der Waals surface area contributed by atoms with E-state index in [1.165, 1.54) is 0 Å². The maximum atomic E-state index is 11.8. The fourth-order valence-corrected chi connectivity index (χ4v) is 1.36. The Hall–Kier alpha value is -1.31. The second-order valence-corrected chi connectivity index (χ2v) is 3.95. The van der Waals surface area contributed by atoms with E-state index in [2.05, 4.69) is 12.2 Å². The van der Waals surface area contributed by atoms with Gasteiger partial charge in [-0.05, 0) is 25.8 Å². The van der Waals surface area contributed by atoms with Crippen LogP contribution < -0.4 is 5.32 Å². The number of hydrogen-bond acceptors (Lipinski definition) is 1. The van der Waals surface area contributed by atoms with Crippen LogP contribution in [0.5, 0.6) is 0 Å². The zero-order chi connectivity index (χ0) is 11.3. The van der Waals surface area contributed by atoms with Crippen LogP contribution in [0.3, 0.4) is 0 Å². The maximum absolute atomic E-state index is 11.8. The van der Waals surface area contributed by atoms with Gasteiger partial charge in [0.2, 0.25) is 5.91 Å². The van der Waals surface area contributed by atoms with Gasteiger partial charge in [0, 0.05) is 6.04 Å². The molecule has 0 aliphatic carbocycles. The summed E-state index contributed by atoms with van der Waals surface area (Å²) in [6, 6.07) is 10.1. The predicted molar refractivity (Wildman–Crippen MR) is 62.8 cm³/mol. The minimum atomic E-state index is -0.0693. The van der Waals surface area contributed by atoms with Gasteiger partial charge in [-0.15, -0.1) is 0 Å². The lowest BCUT2D eigenvalue weighted by Gasteiger charge is -2.16. The molecular formula is C13H19NO. The van der Waals surface area contributed by atoms with Crippen molar-refractivity contribution in [2.45, 2.75) is 39.2 Å². The topological polar surface area (TPSA) is 29.1 Å². The minimum Gasteiger partial charge on any atom is -0.353 e. The summed E-state index contributed by atoms with van der Waals surface area (Å²) in [4.78, 5) is 11.8. The Morgan fingerprint density at radius 3 is 2.40 bits per heavy atom. The molecule has 1 amide bonds. The molecule has 1 aromatic carbocycles. The fraction of sp³-hybridized carbons (Fsp3) is 0.462. The van der Waals surface area contributed by atoms with E-state index in [0.29, 0.717) is 0 Å². The fourth-order valence-electron chi connectivity index (χ4n) is 1.36. The third-order valence-electron chi connectivity index (χ3n) is 2.69. The summed E-state index contributed by atoms with van der Waals surface area (Å²) < 4.78 is 0. The first-order valence-corrected chi connectivity index (χ1v) is 5.50. The Balaban J connectivity index is 2.61. The molecule has 0 spiro atoms. The van der Waals surface area contributed by atoms with Crippen molar-refractivity contribution >= 4 is 5.91 Å². The van der Waals surface area contributed by atoms with Gasteiger partial charge >= 0.3 is 0 Å². The summed E-state index contributed by atoms with van der Waals surface area (Å²) in [7, 11) is 0. The molecule has 15 heavy (non-hydrogen) atoms. The van der Waals surface area contributed by atoms with Crippen LogP contribution in [0.4, 0.5) is 0 Å². The molecule has 0 aliphatic heterocycles. The highest BCUT2D eigenvalue weighted by molar-refractivity contribution is 5.83. The predicted octanol–water partition coefficient (Wildman–Crippen LogP) is 2.70. The summed E-state index contributed by atoms with van der Waals surface area (Å²) in [6.45, 7) is 6.03. The molecule has 1 rings (SSSR count). The summed E-state index contributed by atoms with van der Waals surface area (Å²) >= 11 is 0. The summed E-state index contributed by atoms with van der Waals surface area (Å²) in [5, 5.41) is 2.99. The van der Waals surface area contributed by atoms with Crippen molar-refractivity contribution in [3.63, 3.8) is 0 Å². The Labute approximate surface area is 91.7 Å². The van der Waals surface area contributed by atoms with Crippen LogP contribution in [0.15, 0.2) is 30.3 Å². The molecule has 0 fully saturated rings. The number of carbonyl (C=O) groups is 1. The molecule has 0 unspecified atom stereocenters. The van der Waals surface area contributed by atoms with Crippen molar-refractivity contribution in [1.29, 1.82) is 0 Å². The van der Waals surface area contributed by atoms with Crippen LogP contribution >= 0.6 is 0 Å². The molecule has 2 atom stereocenters. The van der Waals surface area contributed by atoms with Crippen LogP contribution in [0.1, 0.15) is 38.7 Å². The molecule has 0 aliphatic rings. The quantitative estimate of drug-likeness (QED) is 0.804. The molecule has 0 saturated heterocycles. The normalized spacial score (nSPS) is 14.3. The lowest BCUT2D eigenvalue weighted by molar-refractivity contribution is -0.122. The summed E-state index contributed by atoms with van der Waals surface area (Å²) in [6.07, 6.45) is 0.966. The van der Waals surface area contributed by atoms with Gasteiger partial charge in [0.1, 0.15) is 0 Å². The first kappa shape index (κ1) is 11.8. The van der Waals surface area contributed by atoms with E-state index in [4.69, 9.17) is 0 Å². The zero-order valence-electron chi connectivity index (χ0n) is 9.66. The molecule has 1 aromatic rings. The van der Waals surface area contributed by atoms with Gasteiger partial charge in [-0.25, -0.2) is 0 Å². The Morgan fingerprint density at radius 1 is 1.27 bits per heavy atom. The first-order valence-electron chi connectivity index (χ1n) is 5.50. The Kier molecular flexibility index (Phi) is 4.35. The van der Waals surface area contributed by atoms with E-state index in [-0.39, 0.29) is 17.9 Å². The highest BCUT2D eigenvalue weighted by Gasteiger charge is 2.15. The molecule has 1 N–H and O–H groups in total. The molecule has 0 radical (unpaired) electrons. The minimum absolute atomic E-state index is 0.0693. The molecule has 82 valence electrons. The van der Waals surface area contributed by atoms with Gasteiger partial charge in [0.15, 0.2) is 0 Å². The second kappa shape index (κ2) is 5.54. The zero-order valence-corrected chi connectivity index (χ0v) is 9.66. The lowest BCUT2D eigenvalue weighted by atomic mass is 10.00. The van der Waals surface area contributed by atoms with Crippen molar-refractivity contribution in [1.82, 2.24) is 5.32 Å². The van der Waals surface area contributed by atoms with Gasteiger partial charge in [0.05, 0.1) is 5.92 Å². The lowest BCUT2D eigenvalue weighted by Crippen LogP contribution is -2.35. The third kappa shape index (κ3) is 3.39. The van der Waals surface area contributed by atoms with Gasteiger partial charge in [-0.1, -0.05) is 37.3 Å². The van der Waals surface area contributed by atoms with Gasteiger partial charge < -0.3 is 5.32 Å². The van der Waals surface area contributed by atoms with E-state index in [9.17, 15) is 4.79 Å². The van der Waals surface area contributed by atoms with Crippen molar-refractivity contribution in [3.8, 4) is 0 Å². The number of rotatable bonds is 4. The maximum Gasteiger partial charge on any atom is 0.227 e. The van der Waals surface area contributed by atoms with Crippen LogP contribution in [-0.2, 0) is 4.79 Å². The van der Waals surface area contributed by atoms with E-state index in [1.54, 1.807) is 0 Å². The Bertz CT molecular complexity index is 308. The summed E-state index contributed by atoms with van der Waals surface area (Å²) in [5.74, 6) is 0.0377. The highest BCUT2D eigenvalue weighted by atomic mass is 16.1. The SMILES string of the molecule is CC[C@@H](C)NC(=O)[C@@H](C)c1ccccc1. The molecule has 0 bridgehead atoms. The summed E-state index contributed by atoms with van der Waals surface area (Å²) in [5.41, 5.74) is 1.07. The average Bonchev–Trinajstić information content (AvgIpc) is 2.29. The van der Waals surface area contributed by atoms with Crippen molar-refractivity contribution in [2.75, 3.05) is 0 Å². The second-order valence-electron chi connectivity index (χ2n) is 3.95. The molecular weight excluding hydrogens is 186 g/mol. The molecule has 2 heteroatoms. The molecule has 0 aromatic heterocycles. The number of hydrogen-bond donors (Lipinski definition) is 1. The number of carbonyl (C=O) groups excluding carboxylic acids is 1. The highest BCUT2D eigenvalue weighted by Crippen LogP contribution is 2.14. The van der Waals surface area contributed by atoms with Crippen LogP contribution in [-0.4, -0.2) is 11.9 Å². The molecule has 2 nitrogen and oxygen atoms in total. The van der Waals surface area contributed by atoms with Gasteiger partial charge in [0.25, 0.3) is 0 Å². The van der Waals surface area contributed by atoms with Gasteiger partial charge in [-0.2, -0.15) is 0 Å². The first-order chi connectivity index (χ1) is 7.15. The number of benzene rings is 1. The average molecular weight is 205 g/mol.